The van der Waals surface area contributed by atoms with Gasteiger partial charge in [-0.05, 0) is 44.5 Å². The number of fused-ring (bicyclic) bond motifs is 1. The number of para-hydroxylation sites is 1. The lowest BCUT2D eigenvalue weighted by atomic mass is 10.1. The Balaban J connectivity index is 1.73. The molecule has 0 aliphatic carbocycles. The van der Waals surface area contributed by atoms with Crippen molar-refractivity contribution in [1.29, 1.82) is 0 Å². The molecule has 2 amide bonds. The van der Waals surface area contributed by atoms with Crippen LogP contribution >= 0.6 is 0 Å². The number of benzene rings is 1. The van der Waals surface area contributed by atoms with Gasteiger partial charge in [0.25, 0.3) is 5.91 Å². The van der Waals surface area contributed by atoms with Crippen LogP contribution < -0.4 is 10.6 Å². The molecule has 2 N–H and O–H groups in total. The Labute approximate surface area is 180 Å². The number of nitrogens with zero attached hydrogens (tertiary/aromatic N) is 1. The van der Waals surface area contributed by atoms with E-state index in [-0.39, 0.29) is 11.5 Å². The zero-order valence-electron chi connectivity index (χ0n) is 17.7. The third-order valence-electron chi connectivity index (χ3n) is 4.58. The molecule has 8 nitrogen and oxygen atoms in total. The minimum atomic E-state index is -0.728. The number of carbonyl (C=O) groups is 3. The summed E-state index contributed by atoms with van der Waals surface area (Å²) in [4.78, 5) is 41.3. The summed E-state index contributed by atoms with van der Waals surface area (Å²) in [5.41, 5.74) is 1.37. The smallest absolute Gasteiger partial charge is 0.339 e. The molecule has 2 heterocycles. The van der Waals surface area contributed by atoms with E-state index in [1.807, 2.05) is 26.0 Å². The normalized spacial score (nSPS) is 11.7. The molecule has 0 radical (unpaired) electrons. The van der Waals surface area contributed by atoms with Crippen LogP contribution in [0, 0.1) is 6.92 Å². The summed E-state index contributed by atoms with van der Waals surface area (Å²) in [7, 11) is 0. The maximum absolute atomic E-state index is 12.8. The number of aryl methyl sites for hydroxylation is 1. The van der Waals surface area contributed by atoms with Crippen LogP contribution in [0.2, 0.25) is 0 Å². The second-order valence-electron chi connectivity index (χ2n) is 7.14. The summed E-state index contributed by atoms with van der Waals surface area (Å²) in [5.74, 6) is -0.265. The second-order valence-corrected chi connectivity index (χ2v) is 7.14. The fourth-order valence-corrected chi connectivity index (χ4v) is 3.00. The van der Waals surface area contributed by atoms with E-state index in [1.165, 1.54) is 0 Å². The third kappa shape index (κ3) is 5.48. The first-order valence-electron chi connectivity index (χ1n) is 10.1. The van der Waals surface area contributed by atoms with E-state index in [9.17, 15) is 14.4 Å². The first-order chi connectivity index (χ1) is 14.9. The monoisotopic (exact) mass is 423 g/mol. The maximum Gasteiger partial charge on any atom is 0.339 e. The van der Waals surface area contributed by atoms with E-state index in [0.29, 0.717) is 28.9 Å². The summed E-state index contributed by atoms with van der Waals surface area (Å²) in [6, 6.07) is 11.6. The first-order valence-corrected chi connectivity index (χ1v) is 10.1. The Morgan fingerprint density at radius 2 is 1.94 bits per heavy atom. The van der Waals surface area contributed by atoms with Crippen molar-refractivity contribution in [1.82, 2.24) is 15.6 Å². The molecule has 0 saturated heterocycles. The molecule has 0 saturated carbocycles. The van der Waals surface area contributed by atoms with Gasteiger partial charge in [0.2, 0.25) is 5.91 Å². The third-order valence-corrected chi connectivity index (χ3v) is 4.58. The van der Waals surface area contributed by atoms with Gasteiger partial charge in [0.1, 0.15) is 17.5 Å². The number of amides is 2. The molecule has 0 unspecified atom stereocenters. The highest BCUT2D eigenvalue weighted by molar-refractivity contribution is 6.05. The van der Waals surface area contributed by atoms with Gasteiger partial charge in [-0.2, -0.15) is 0 Å². The van der Waals surface area contributed by atoms with E-state index in [1.54, 1.807) is 37.3 Å². The van der Waals surface area contributed by atoms with Gasteiger partial charge in [-0.25, -0.2) is 9.78 Å². The lowest BCUT2D eigenvalue weighted by molar-refractivity contribution is -0.130. The van der Waals surface area contributed by atoms with Gasteiger partial charge in [-0.3, -0.25) is 9.59 Å². The van der Waals surface area contributed by atoms with Crippen molar-refractivity contribution in [3.05, 3.63) is 53.8 Å². The van der Waals surface area contributed by atoms with Crippen LogP contribution in [0.1, 0.15) is 36.4 Å². The molecule has 0 spiro atoms. The molecule has 3 rings (SSSR count). The minimum absolute atomic E-state index is 0.274. The highest BCUT2D eigenvalue weighted by atomic mass is 16.5. The molecule has 8 heteroatoms. The van der Waals surface area contributed by atoms with E-state index >= 15 is 0 Å². The number of hydrogen-bond acceptors (Lipinski definition) is 6. The minimum Gasteiger partial charge on any atom is -0.460 e. The fourth-order valence-electron chi connectivity index (χ4n) is 3.00. The predicted molar refractivity (Wildman–Crippen MR) is 115 cm³/mol. The summed E-state index contributed by atoms with van der Waals surface area (Å²) in [5, 5.41) is 5.82. The zero-order chi connectivity index (χ0) is 22.4. The number of rotatable bonds is 8. The van der Waals surface area contributed by atoms with Gasteiger partial charge in [-0.15, -0.1) is 0 Å². The molecule has 0 fully saturated rings. The number of ether oxygens (including phenoxy) is 1. The number of nitrogens with one attached hydrogen (secondary N) is 2. The standard InChI is InChI=1S/C23H25N3O5/c1-4-11-24-22(28)15(3)25-21(27)13-30-23(29)17-12-19(20-10-9-14(2)31-20)26-18-8-6-5-7-16(17)18/h5-10,12,15H,4,11,13H2,1-3H3,(H,24,28)(H,25,27)/t15-/m1/s1. The van der Waals surface area contributed by atoms with E-state index in [4.69, 9.17) is 9.15 Å². The fraction of sp³-hybridized carbons (Fsp3) is 0.304. The van der Waals surface area contributed by atoms with Crippen LogP contribution in [0.5, 0.6) is 0 Å². The maximum atomic E-state index is 12.8. The molecule has 1 atom stereocenters. The molecule has 162 valence electrons. The molecule has 1 aromatic carbocycles. The number of hydrogen-bond donors (Lipinski definition) is 2. The van der Waals surface area contributed by atoms with Gasteiger partial charge in [-0.1, -0.05) is 25.1 Å². The van der Waals surface area contributed by atoms with Gasteiger partial charge in [0.15, 0.2) is 12.4 Å². The molecular formula is C23H25N3O5. The average Bonchev–Trinajstić information content (AvgIpc) is 3.21. The van der Waals surface area contributed by atoms with Crippen molar-refractivity contribution in [2.24, 2.45) is 0 Å². The summed E-state index contributed by atoms with van der Waals surface area (Å²) in [6.45, 7) is 5.35. The van der Waals surface area contributed by atoms with Crippen LogP contribution in [0.3, 0.4) is 0 Å². The van der Waals surface area contributed by atoms with Crippen molar-refractivity contribution >= 4 is 28.7 Å². The van der Waals surface area contributed by atoms with Crippen molar-refractivity contribution < 1.29 is 23.5 Å². The first kappa shape index (κ1) is 22.0. The van der Waals surface area contributed by atoms with E-state index in [2.05, 4.69) is 15.6 Å². The van der Waals surface area contributed by atoms with Crippen molar-refractivity contribution in [3.63, 3.8) is 0 Å². The van der Waals surface area contributed by atoms with Crippen molar-refractivity contribution in [3.8, 4) is 11.5 Å². The Morgan fingerprint density at radius 3 is 2.65 bits per heavy atom. The van der Waals surface area contributed by atoms with E-state index < -0.39 is 24.5 Å². The Hall–Kier alpha value is -3.68. The molecular weight excluding hydrogens is 398 g/mol. The van der Waals surface area contributed by atoms with Gasteiger partial charge >= 0.3 is 5.97 Å². The molecule has 31 heavy (non-hydrogen) atoms. The quantitative estimate of drug-likeness (QED) is 0.539. The van der Waals surface area contributed by atoms with E-state index in [0.717, 1.165) is 12.2 Å². The van der Waals surface area contributed by atoms with Crippen molar-refractivity contribution in [2.45, 2.75) is 33.2 Å². The zero-order valence-corrected chi connectivity index (χ0v) is 17.7. The number of aromatic nitrogens is 1. The summed E-state index contributed by atoms with van der Waals surface area (Å²) >= 11 is 0. The van der Waals surface area contributed by atoms with Gasteiger partial charge in [0.05, 0.1) is 11.1 Å². The average molecular weight is 423 g/mol. The van der Waals surface area contributed by atoms with Crippen LogP contribution in [0.15, 0.2) is 46.9 Å². The Kier molecular flexibility index (Phi) is 7.02. The van der Waals surface area contributed by atoms with Crippen LogP contribution in [-0.4, -0.2) is 42.0 Å². The Bertz CT molecular complexity index is 1110. The molecule has 3 aromatic rings. The lowest BCUT2D eigenvalue weighted by Crippen LogP contribution is -2.46. The van der Waals surface area contributed by atoms with Gasteiger partial charge < -0.3 is 19.8 Å². The number of furan rings is 1. The number of esters is 1. The molecule has 0 bridgehead atoms. The largest absolute Gasteiger partial charge is 0.460 e. The highest BCUT2D eigenvalue weighted by Gasteiger charge is 2.19. The SMILES string of the molecule is CCCNC(=O)[C@@H](C)NC(=O)COC(=O)c1cc(-c2ccc(C)o2)nc2ccccc12. The van der Waals surface area contributed by atoms with Crippen molar-refractivity contribution in [2.75, 3.05) is 13.2 Å². The van der Waals surface area contributed by atoms with Crippen LogP contribution in [0.4, 0.5) is 0 Å². The molecule has 0 aliphatic heterocycles. The molecule has 0 aliphatic rings. The lowest BCUT2D eigenvalue weighted by Gasteiger charge is -2.14. The Morgan fingerprint density at radius 1 is 1.16 bits per heavy atom. The summed E-state index contributed by atoms with van der Waals surface area (Å²) < 4.78 is 10.8. The molecule has 2 aromatic heterocycles. The highest BCUT2D eigenvalue weighted by Crippen LogP contribution is 2.26. The number of carbonyl (C=O) groups excluding carboxylic acids is 3. The number of pyridine rings is 1. The van der Waals surface area contributed by atoms with Gasteiger partial charge in [0, 0.05) is 11.9 Å². The topological polar surface area (TPSA) is 111 Å². The van der Waals surface area contributed by atoms with Crippen LogP contribution in [0.25, 0.3) is 22.4 Å². The predicted octanol–water partition coefficient (Wildman–Crippen LogP) is 2.99. The summed E-state index contributed by atoms with van der Waals surface area (Å²) in [6.07, 6.45) is 0.795. The van der Waals surface area contributed by atoms with Crippen LogP contribution in [-0.2, 0) is 14.3 Å². The second kappa shape index (κ2) is 9.88.